The summed E-state index contributed by atoms with van der Waals surface area (Å²) in [6, 6.07) is 10.9. The monoisotopic (exact) mass is 460 g/mol. The van der Waals surface area contributed by atoms with Gasteiger partial charge in [-0.15, -0.1) is 0 Å². The molecule has 0 bridgehead atoms. The molecule has 32 heavy (non-hydrogen) atoms. The van der Waals surface area contributed by atoms with E-state index in [1.807, 2.05) is 57.2 Å². The smallest absolute Gasteiger partial charge is 0.315 e. The van der Waals surface area contributed by atoms with Crippen LogP contribution in [0.4, 0.5) is 4.79 Å². The zero-order valence-corrected chi connectivity index (χ0v) is 19.9. The lowest BCUT2D eigenvalue weighted by atomic mass is 9.99. The number of halogens is 1. The summed E-state index contributed by atoms with van der Waals surface area (Å²) >= 11 is 6.83. The number of urea groups is 1. The van der Waals surface area contributed by atoms with Gasteiger partial charge in [-0.1, -0.05) is 41.9 Å². The molecule has 2 aromatic carbocycles. The molecule has 0 aliphatic heterocycles. The molecule has 0 heterocycles. The largest absolute Gasteiger partial charge is 0.493 e. The van der Waals surface area contributed by atoms with Crippen LogP contribution in [0.2, 0.25) is 5.02 Å². The van der Waals surface area contributed by atoms with Crippen LogP contribution >= 0.6 is 11.6 Å². The maximum atomic E-state index is 12.3. The fraction of sp³-hybridized carbons (Fsp3) is 0.480. The number of carbonyl (C=O) groups excluding carboxylic acids is 1. The second-order valence-corrected chi connectivity index (χ2v) is 8.28. The van der Waals surface area contributed by atoms with E-state index in [2.05, 4.69) is 0 Å². The number of ether oxygens (including phenoxy) is 3. The molecule has 1 aliphatic rings. The summed E-state index contributed by atoms with van der Waals surface area (Å²) in [7, 11) is 0. The number of rotatable bonds is 12. The summed E-state index contributed by atoms with van der Waals surface area (Å²) in [5, 5.41) is 0.515. The zero-order valence-electron chi connectivity index (χ0n) is 19.1. The van der Waals surface area contributed by atoms with E-state index in [1.165, 1.54) is 0 Å². The molecule has 1 aliphatic carbocycles. The first kappa shape index (κ1) is 24.2. The maximum Gasteiger partial charge on any atom is 0.315 e. The van der Waals surface area contributed by atoms with Gasteiger partial charge in [0.05, 0.1) is 37.5 Å². The average molecular weight is 461 g/mol. The number of benzene rings is 2. The Morgan fingerprint density at radius 1 is 1.19 bits per heavy atom. The molecule has 1 fully saturated rings. The summed E-state index contributed by atoms with van der Waals surface area (Å²) in [6.07, 6.45) is 2.19. The van der Waals surface area contributed by atoms with Crippen molar-refractivity contribution in [3.8, 4) is 11.5 Å². The molecule has 0 saturated heterocycles. The molecule has 2 N–H and O–H groups in total. The Labute approximate surface area is 195 Å². The van der Waals surface area contributed by atoms with E-state index in [0.717, 1.165) is 35.3 Å². The Bertz CT molecular complexity index is 903. The normalized spacial score (nSPS) is 14.1. The van der Waals surface area contributed by atoms with Gasteiger partial charge in [0.2, 0.25) is 0 Å². The molecular weight excluding hydrogens is 428 g/mol. The summed E-state index contributed by atoms with van der Waals surface area (Å²) < 4.78 is 17.7. The van der Waals surface area contributed by atoms with Crippen molar-refractivity contribution in [2.75, 3.05) is 26.4 Å². The van der Waals surface area contributed by atoms with Crippen molar-refractivity contribution in [3.63, 3.8) is 0 Å². The summed E-state index contributed by atoms with van der Waals surface area (Å²) in [4.78, 5) is 13.8. The minimum absolute atomic E-state index is 0.345. The van der Waals surface area contributed by atoms with Crippen LogP contribution in [-0.4, -0.2) is 37.3 Å². The van der Waals surface area contributed by atoms with Crippen molar-refractivity contribution < 1.29 is 19.0 Å². The first-order valence-electron chi connectivity index (χ1n) is 11.3. The van der Waals surface area contributed by atoms with Crippen molar-refractivity contribution in [1.29, 1.82) is 0 Å². The standard InChI is InChI=1S/C25H33ClN2O4/c1-4-31-21-15-20(23(26)24(32-5-2)22(21)19-11-12-19)17(3)28(25(27)29)13-14-30-16-18-9-7-6-8-10-18/h6-10,15,17,19H,4-5,11-14,16H2,1-3H3,(H2,27,29). The number of primary amides is 1. The van der Waals surface area contributed by atoms with E-state index in [1.54, 1.807) is 4.90 Å². The van der Waals surface area contributed by atoms with Crippen LogP contribution in [0.1, 0.15) is 62.3 Å². The van der Waals surface area contributed by atoms with E-state index >= 15 is 0 Å². The fourth-order valence-electron chi connectivity index (χ4n) is 3.86. The number of amides is 2. The van der Waals surface area contributed by atoms with Crippen LogP contribution in [0.3, 0.4) is 0 Å². The lowest BCUT2D eigenvalue weighted by Gasteiger charge is -2.30. The quantitative estimate of drug-likeness (QED) is 0.414. The van der Waals surface area contributed by atoms with Gasteiger partial charge in [0.25, 0.3) is 0 Å². The highest BCUT2D eigenvalue weighted by Gasteiger charge is 2.34. The van der Waals surface area contributed by atoms with Crippen molar-refractivity contribution in [1.82, 2.24) is 4.90 Å². The number of hydrogen-bond donors (Lipinski definition) is 1. The fourth-order valence-corrected chi connectivity index (χ4v) is 4.23. The van der Waals surface area contributed by atoms with Gasteiger partial charge in [-0.2, -0.15) is 0 Å². The van der Waals surface area contributed by atoms with Crippen LogP contribution in [0.5, 0.6) is 11.5 Å². The van der Waals surface area contributed by atoms with Crippen molar-refractivity contribution >= 4 is 17.6 Å². The summed E-state index contributed by atoms with van der Waals surface area (Å²) in [6.45, 7) is 8.00. The lowest BCUT2D eigenvalue weighted by Crippen LogP contribution is -2.40. The molecule has 1 saturated carbocycles. The van der Waals surface area contributed by atoms with Crippen molar-refractivity contribution in [3.05, 3.63) is 58.1 Å². The highest BCUT2D eigenvalue weighted by molar-refractivity contribution is 6.33. The molecule has 1 atom stereocenters. The predicted molar refractivity (Wildman–Crippen MR) is 127 cm³/mol. The third-order valence-electron chi connectivity index (χ3n) is 5.61. The van der Waals surface area contributed by atoms with E-state index in [-0.39, 0.29) is 6.04 Å². The van der Waals surface area contributed by atoms with Gasteiger partial charge in [0, 0.05) is 17.7 Å². The molecule has 2 aromatic rings. The second kappa shape index (κ2) is 11.4. The third kappa shape index (κ3) is 5.87. The molecule has 2 amide bonds. The van der Waals surface area contributed by atoms with Crippen LogP contribution in [0, 0.1) is 0 Å². The first-order valence-corrected chi connectivity index (χ1v) is 11.6. The number of carbonyl (C=O) groups is 1. The molecule has 174 valence electrons. The van der Waals surface area contributed by atoms with E-state index in [0.29, 0.717) is 49.7 Å². The Morgan fingerprint density at radius 2 is 1.88 bits per heavy atom. The summed E-state index contributed by atoms with van der Waals surface area (Å²) in [5.74, 6) is 1.84. The van der Waals surface area contributed by atoms with E-state index in [4.69, 9.17) is 31.5 Å². The van der Waals surface area contributed by atoms with Gasteiger partial charge in [-0.25, -0.2) is 4.79 Å². The SMILES string of the molecule is CCOc1cc(C(C)N(CCOCc2ccccc2)C(N)=O)c(Cl)c(OCC)c1C1CC1. The molecule has 6 nitrogen and oxygen atoms in total. The van der Waals surface area contributed by atoms with Gasteiger partial charge in [-0.3, -0.25) is 0 Å². The van der Waals surface area contributed by atoms with Crippen molar-refractivity contribution in [2.24, 2.45) is 5.73 Å². The number of nitrogens with zero attached hydrogens (tertiary/aromatic N) is 1. The van der Waals surface area contributed by atoms with E-state index < -0.39 is 6.03 Å². The van der Waals surface area contributed by atoms with E-state index in [9.17, 15) is 4.79 Å². The highest BCUT2D eigenvalue weighted by atomic mass is 35.5. The van der Waals surface area contributed by atoms with Crippen LogP contribution in [0.25, 0.3) is 0 Å². The third-order valence-corrected chi connectivity index (χ3v) is 6.00. The molecular formula is C25H33ClN2O4. The Hall–Kier alpha value is -2.44. The average Bonchev–Trinajstić information content (AvgIpc) is 3.61. The second-order valence-electron chi connectivity index (χ2n) is 7.91. The highest BCUT2D eigenvalue weighted by Crippen LogP contribution is 2.53. The van der Waals surface area contributed by atoms with Gasteiger partial charge in [0.1, 0.15) is 11.5 Å². The number of nitrogens with two attached hydrogens (primary N) is 1. The lowest BCUT2D eigenvalue weighted by molar-refractivity contribution is 0.0914. The Morgan fingerprint density at radius 3 is 2.47 bits per heavy atom. The molecule has 0 aromatic heterocycles. The zero-order chi connectivity index (χ0) is 23.1. The molecule has 7 heteroatoms. The Kier molecular flexibility index (Phi) is 8.65. The van der Waals surface area contributed by atoms with Gasteiger partial charge in [-0.05, 0) is 51.2 Å². The van der Waals surface area contributed by atoms with Gasteiger partial charge in [0.15, 0.2) is 0 Å². The van der Waals surface area contributed by atoms with Crippen LogP contribution in [-0.2, 0) is 11.3 Å². The van der Waals surface area contributed by atoms with Crippen molar-refractivity contribution in [2.45, 2.75) is 52.2 Å². The minimum atomic E-state index is -0.529. The minimum Gasteiger partial charge on any atom is -0.493 e. The molecule has 3 rings (SSSR count). The molecule has 1 unspecified atom stereocenters. The maximum absolute atomic E-state index is 12.3. The predicted octanol–water partition coefficient (Wildman–Crippen LogP) is 5.67. The first-order chi connectivity index (χ1) is 15.5. The summed E-state index contributed by atoms with van der Waals surface area (Å²) in [5.41, 5.74) is 8.59. The Balaban J connectivity index is 1.80. The molecule has 0 spiro atoms. The van der Waals surface area contributed by atoms with Gasteiger partial charge >= 0.3 is 6.03 Å². The van der Waals surface area contributed by atoms with Crippen LogP contribution in [0.15, 0.2) is 36.4 Å². The topological polar surface area (TPSA) is 74.0 Å². The van der Waals surface area contributed by atoms with Crippen LogP contribution < -0.4 is 15.2 Å². The molecule has 0 radical (unpaired) electrons. The number of hydrogen-bond acceptors (Lipinski definition) is 4. The van der Waals surface area contributed by atoms with Gasteiger partial charge < -0.3 is 24.8 Å².